The molecule has 0 aliphatic rings. The fourth-order valence-electron chi connectivity index (χ4n) is 2.37. The highest BCUT2D eigenvalue weighted by molar-refractivity contribution is 5.90. The van der Waals surface area contributed by atoms with Crippen LogP contribution in [0.25, 0.3) is 0 Å². The van der Waals surface area contributed by atoms with Crippen LogP contribution >= 0.6 is 0 Å². The second kappa shape index (κ2) is 7.65. The quantitative estimate of drug-likeness (QED) is 0.692. The Morgan fingerprint density at radius 1 is 1.20 bits per heavy atom. The Kier molecular flexibility index (Phi) is 5.59. The minimum Gasteiger partial charge on any atom is -0.507 e. The molecule has 1 heterocycles. The summed E-state index contributed by atoms with van der Waals surface area (Å²) >= 11 is 0. The molecule has 2 rings (SSSR count). The van der Waals surface area contributed by atoms with Crippen molar-refractivity contribution in [3.8, 4) is 5.75 Å². The molecular weight excluding hydrogens is 326 g/mol. The summed E-state index contributed by atoms with van der Waals surface area (Å²) in [6.07, 6.45) is -0.777. The second-order valence-corrected chi connectivity index (χ2v) is 6.00. The van der Waals surface area contributed by atoms with Crippen LogP contribution in [-0.2, 0) is 9.53 Å². The van der Waals surface area contributed by atoms with Gasteiger partial charge in [-0.15, -0.1) is 0 Å². The average Bonchev–Trinajstić information content (AvgIpc) is 2.51. The van der Waals surface area contributed by atoms with Crippen LogP contribution in [0.3, 0.4) is 0 Å². The molecule has 0 unspecified atom stereocenters. The Morgan fingerprint density at radius 2 is 1.84 bits per heavy atom. The van der Waals surface area contributed by atoms with E-state index < -0.39 is 34.9 Å². The number of carboxylic acids is 1. The SMILES string of the molecule is CC(C)CC(=O)O[C@H](c1ccccc1)c1cc(O)c(C(=O)O)c(=O)[nH]1. The summed E-state index contributed by atoms with van der Waals surface area (Å²) < 4.78 is 5.48. The van der Waals surface area contributed by atoms with E-state index in [0.717, 1.165) is 6.07 Å². The lowest BCUT2D eigenvalue weighted by atomic mass is 10.0. The maximum atomic E-state index is 12.1. The number of nitrogens with one attached hydrogen (secondary N) is 1. The van der Waals surface area contributed by atoms with Crippen molar-refractivity contribution in [1.29, 1.82) is 0 Å². The standard InChI is InChI=1S/C18H19NO6/c1-10(2)8-14(21)25-16(11-6-4-3-5-7-11)12-9-13(20)15(18(23)24)17(22)19-12/h3-7,9-10,16H,8H2,1-2H3,(H,23,24)(H2,19,20,22)/t16-/m1/s1. The average molecular weight is 345 g/mol. The topological polar surface area (TPSA) is 117 Å². The normalized spacial score (nSPS) is 12.0. The van der Waals surface area contributed by atoms with Gasteiger partial charge in [-0.1, -0.05) is 44.2 Å². The highest BCUT2D eigenvalue weighted by Crippen LogP contribution is 2.27. The third kappa shape index (κ3) is 4.47. The fraction of sp³-hybridized carbons (Fsp3) is 0.278. The summed E-state index contributed by atoms with van der Waals surface area (Å²) in [7, 11) is 0. The molecule has 0 amide bonds. The number of aromatic carboxylic acids is 1. The van der Waals surface area contributed by atoms with Crippen molar-refractivity contribution in [1.82, 2.24) is 4.98 Å². The van der Waals surface area contributed by atoms with E-state index in [4.69, 9.17) is 9.84 Å². The highest BCUT2D eigenvalue weighted by Gasteiger charge is 2.24. The zero-order valence-electron chi connectivity index (χ0n) is 13.9. The van der Waals surface area contributed by atoms with Crippen LogP contribution in [0, 0.1) is 5.92 Å². The molecule has 0 aliphatic heterocycles. The van der Waals surface area contributed by atoms with Crippen LogP contribution in [0.2, 0.25) is 0 Å². The number of aromatic amines is 1. The van der Waals surface area contributed by atoms with Crippen molar-refractivity contribution >= 4 is 11.9 Å². The second-order valence-electron chi connectivity index (χ2n) is 6.00. The first kappa shape index (κ1) is 18.3. The van der Waals surface area contributed by atoms with Gasteiger partial charge in [-0.25, -0.2) is 4.79 Å². The number of carbonyl (C=O) groups excluding carboxylic acids is 1. The third-order valence-corrected chi connectivity index (χ3v) is 3.46. The maximum Gasteiger partial charge on any atom is 0.345 e. The molecule has 1 aromatic carbocycles. The van der Waals surface area contributed by atoms with Gasteiger partial charge < -0.3 is 19.9 Å². The van der Waals surface area contributed by atoms with Gasteiger partial charge in [-0.2, -0.15) is 0 Å². The molecule has 25 heavy (non-hydrogen) atoms. The van der Waals surface area contributed by atoms with Crippen LogP contribution in [-0.4, -0.2) is 27.1 Å². The van der Waals surface area contributed by atoms with Crippen LogP contribution in [0.5, 0.6) is 5.75 Å². The van der Waals surface area contributed by atoms with Crippen molar-refractivity contribution in [2.24, 2.45) is 5.92 Å². The number of esters is 1. The predicted molar refractivity (Wildman–Crippen MR) is 89.5 cm³/mol. The zero-order chi connectivity index (χ0) is 18.6. The first-order valence-electron chi connectivity index (χ1n) is 7.73. The molecule has 1 aromatic heterocycles. The monoisotopic (exact) mass is 345 g/mol. The summed E-state index contributed by atoms with van der Waals surface area (Å²) in [5, 5.41) is 18.8. The van der Waals surface area contributed by atoms with E-state index >= 15 is 0 Å². The highest BCUT2D eigenvalue weighted by atomic mass is 16.5. The van der Waals surface area contributed by atoms with E-state index in [1.807, 2.05) is 13.8 Å². The number of carboxylic acid groups (broad SMARTS) is 1. The summed E-state index contributed by atoms with van der Waals surface area (Å²) in [5.41, 5.74) is -1.05. The first-order chi connectivity index (χ1) is 11.8. The molecular formula is C18H19NO6. The molecule has 1 atom stereocenters. The third-order valence-electron chi connectivity index (χ3n) is 3.46. The van der Waals surface area contributed by atoms with Crippen molar-refractivity contribution < 1.29 is 24.5 Å². The van der Waals surface area contributed by atoms with Crippen LogP contribution < -0.4 is 5.56 Å². The smallest absolute Gasteiger partial charge is 0.345 e. The molecule has 0 bridgehead atoms. The molecule has 0 spiro atoms. The zero-order valence-corrected chi connectivity index (χ0v) is 13.9. The number of carbonyl (C=O) groups is 2. The first-order valence-corrected chi connectivity index (χ1v) is 7.73. The minimum atomic E-state index is -1.54. The van der Waals surface area contributed by atoms with Crippen LogP contribution in [0.4, 0.5) is 0 Å². The summed E-state index contributed by atoms with van der Waals surface area (Å²) in [6.45, 7) is 3.74. The number of aromatic nitrogens is 1. The lowest BCUT2D eigenvalue weighted by Gasteiger charge is -2.19. The van der Waals surface area contributed by atoms with E-state index in [0.29, 0.717) is 5.56 Å². The lowest BCUT2D eigenvalue weighted by Crippen LogP contribution is -2.22. The molecule has 3 N–H and O–H groups in total. The Bertz CT molecular complexity index is 825. The molecule has 0 radical (unpaired) electrons. The van der Waals surface area contributed by atoms with Gasteiger partial charge in [0.2, 0.25) is 0 Å². The van der Waals surface area contributed by atoms with Crippen LogP contribution in [0.1, 0.15) is 48.0 Å². The number of aromatic hydroxyl groups is 1. The Hall–Kier alpha value is -3.09. The van der Waals surface area contributed by atoms with Crippen molar-refractivity contribution in [2.45, 2.75) is 26.4 Å². The van der Waals surface area contributed by atoms with Gasteiger partial charge >= 0.3 is 11.9 Å². The number of pyridine rings is 1. The molecule has 0 fully saturated rings. The summed E-state index contributed by atoms with van der Waals surface area (Å²) in [6, 6.07) is 9.75. The van der Waals surface area contributed by atoms with Crippen molar-refractivity contribution in [2.75, 3.05) is 0 Å². The molecule has 7 heteroatoms. The largest absolute Gasteiger partial charge is 0.507 e. The van der Waals surface area contributed by atoms with Gasteiger partial charge in [0.15, 0.2) is 11.7 Å². The number of ether oxygens (including phenoxy) is 1. The Morgan fingerprint density at radius 3 is 2.36 bits per heavy atom. The molecule has 7 nitrogen and oxygen atoms in total. The van der Waals surface area contributed by atoms with E-state index in [1.165, 1.54) is 0 Å². The van der Waals surface area contributed by atoms with Gasteiger partial charge in [-0.3, -0.25) is 9.59 Å². The number of benzene rings is 1. The van der Waals surface area contributed by atoms with E-state index in [2.05, 4.69) is 4.98 Å². The van der Waals surface area contributed by atoms with E-state index in [-0.39, 0.29) is 18.0 Å². The molecule has 2 aromatic rings. The number of hydrogen-bond acceptors (Lipinski definition) is 5. The molecule has 0 saturated carbocycles. The van der Waals surface area contributed by atoms with Gasteiger partial charge in [-0.05, 0) is 11.5 Å². The Balaban J connectivity index is 2.47. The molecule has 132 valence electrons. The predicted octanol–water partition coefficient (Wildman–Crippen LogP) is 2.46. The molecule has 0 aliphatic carbocycles. The van der Waals surface area contributed by atoms with Crippen molar-refractivity contribution in [3.05, 3.63) is 63.6 Å². The van der Waals surface area contributed by atoms with E-state index in [1.54, 1.807) is 30.3 Å². The van der Waals surface area contributed by atoms with Gasteiger partial charge in [0, 0.05) is 12.5 Å². The van der Waals surface area contributed by atoms with Gasteiger partial charge in [0.1, 0.15) is 5.75 Å². The van der Waals surface area contributed by atoms with Crippen LogP contribution in [0.15, 0.2) is 41.2 Å². The van der Waals surface area contributed by atoms with Gasteiger partial charge in [0.25, 0.3) is 5.56 Å². The Labute approximate surface area is 143 Å². The minimum absolute atomic E-state index is 0.0887. The maximum absolute atomic E-state index is 12.1. The fourth-order valence-corrected chi connectivity index (χ4v) is 2.37. The summed E-state index contributed by atoms with van der Waals surface area (Å²) in [5.74, 6) is -2.61. The van der Waals surface area contributed by atoms with Crippen molar-refractivity contribution in [3.63, 3.8) is 0 Å². The van der Waals surface area contributed by atoms with Gasteiger partial charge in [0.05, 0.1) is 5.69 Å². The number of H-pyrrole nitrogens is 1. The van der Waals surface area contributed by atoms with E-state index in [9.17, 15) is 19.5 Å². The number of hydrogen-bond donors (Lipinski definition) is 3. The lowest BCUT2D eigenvalue weighted by molar-refractivity contribution is -0.148. The number of rotatable bonds is 6. The summed E-state index contributed by atoms with van der Waals surface area (Å²) in [4.78, 5) is 37.5. The molecule has 0 saturated heterocycles.